The molecule has 2 aromatic carbocycles. The molecule has 9 heteroatoms. The molecule has 0 spiro atoms. The normalized spacial score (nSPS) is 21.7. The molecule has 4 N–H and O–H groups in total. The van der Waals surface area contributed by atoms with Crippen LogP contribution in [-0.2, 0) is 9.53 Å². The van der Waals surface area contributed by atoms with Crippen molar-refractivity contribution in [3.05, 3.63) is 59.7 Å². The first-order chi connectivity index (χ1) is 17.6. The lowest BCUT2D eigenvalue weighted by molar-refractivity contribution is -0.121. The van der Waals surface area contributed by atoms with E-state index in [1.165, 1.54) is 22.3 Å². The van der Waals surface area contributed by atoms with Crippen LogP contribution in [-0.4, -0.2) is 60.8 Å². The summed E-state index contributed by atoms with van der Waals surface area (Å²) in [4.78, 5) is 35.8. The summed E-state index contributed by atoms with van der Waals surface area (Å²) in [6, 6.07) is 16.8. The van der Waals surface area contributed by atoms with Gasteiger partial charge in [-0.15, -0.1) is 0 Å². The molecular formula is C27H32N4O4S. The number of hydrogen-bond donors (Lipinski definition) is 4. The van der Waals surface area contributed by atoms with Crippen LogP contribution in [0.5, 0.6) is 0 Å². The van der Waals surface area contributed by atoms with Crippen LogP contribution < -0.4 is 21.3 Å². The number of carbonyl (C=O) groups is 3. The molecule has 0 bridgehead atoms. The Hall–Kier alpha value is -3.20. The van der Waals surface area contributed by atoms with Crippen molar-refractivity contribution in [2.75, 3.05) is 25.4 Å². The molecule has 1 aliphatic carbocycles. The van der Waals surface area contributed by atoms with Crippen LogP contribution in [0.25, 0.3) is 11.1 Å². The van der Waals surface area contributed by atoms with Crippen LogP contribution in [0, 0.1) is 0 Å². The summed E-state index contributed by atoms with van der Waals surface area (Å²) in [5.74, 6) is 0.959. The SMILES string of the molecule is O=C(CCCC[C@@H]1SC[C@@H]2NC(=O)N[C@@H]21)NCCNC(=O)OCC1c2ccccc2-c2ccccc21. The fraction of sp³-hybridized carbons (Fsp3) is 0.444. The zero-order valence-electron chi connectivity index (χ0n) is 20.1. The Labute approximate surface area is 215 Å². The molecule has 0 aromatic heterocycles. The van der Waals surface area contributed by atoms with Gasteiger partial charge in [-0.3, -0.25) is 4.79 Å². The minimum absolute atomic E-state index is 0.0166. The number of urea groups is 1. The smallest absolute Gasteiger partial charge is 0.407 e. The maximum absolute atomic E-state index is 12.2. The predicted molar refractivity (Wildman–Crippen MR) is 140 cm³/mol. The Morgan fingerprint density at radius 3 is 2.39 bits per heavy atom. The van der Waals surface area contributed by atoms with Crippen LogP contribution in [0.2, 0.25) is 0 Å². The first kappa shape index (κ1) is 24.5. The summed E-state index contributed by atoms with van der Waals surface area (Å²) in [5.41, 5.74) is 4.74. The number of benzene rings is 2. The average molecular weight is 509 g/mol. The van der Waals surface area contributed by atoms with Gasteiger partial charge in [0.15, 0.2) is 0 Å². The molecule has 2 fully saturated rings. The van der Waals surface area contributed by atoms with E-state index in [9.17, 15) is 14.4 Å². The van der Waals surface area contributed by atoms with Crippen molar-refractivity contribution in [2.24, 2.45) is 0 Å². The Bertz CT molecular complexity index is 1080. The van der Waals surface area contributed by atoms with Gasteiger partial charge in [0.1, 0.15) is 6.61 Å². The monoisotopic (exact) mass is 508 g/mol. The van der Waals surface area contributed by atoms with Gasteiger partial charge in [-0.2, -0.15) is 11.8 Å². The quantitative estimate of drug-likeness (QED) is 0.291. The standard InChI is InChI=1S/C27H32N4O4S/c32-24(12-6-5-11-23-25-22(16-36-23)30-26(33)31-25)28-13-14-29-27(34)35-15-21-19-9-3-1-7-17(19)18-8-2-4-10-20(18)21/h1-4,7-10,21-23,25H,5-6,11-16H2,(H,28,32)(H,29,34)(H2,30,31,33)/t22-,23-,25-/m0/s1. The second-order valence-electron chi connectivity index (χ2n) is 9.47. The highest BCUT2D eigenvalue weighted by molar-refractivity contribution is 8.00. The molecule has 3 atom stereocenters. The second-order valence-corrected chi connectivity index (χ2v) is 10.7. The Kier molecular flexibility index (Phi) is 7.65. The minimum Gasteiger partial charge on any atom is -0.449 e. The highest BCUT2D eigenvalue weighted by Gasteiger charge is 2.42. The van der Waals surface area contributed by atoms with Crippen LogP contribution in [0.15, 0.2) is 48.5 Å². The summed E-state index contributed by atoms with van der Waals surface area (Å²) in [6.07, 6.45) is 2.72. The zero-order valence-corrected chi connectivity index (χ0v) is 20.9. The van der Waals surface area contributed by atoms with Crippen LogP contribution in [0.3, 0.4) is 0 Å². The number of nitrogens with one attached hydrogen (secondary N) is 4. The fourth-order valence-corrected chi connectivity index (χ4v) is 6.92. The third kappa shape index (κ3) is 5.46. The summed E-state index contributed by atoms with van der Waals surface area (Å²) in [7, 11) is 0. The van der Waals surface area contributed by atoms with Gasteiger partial charge in [0.2, 0.25) is 5.91 Å². The molecular weight excluding hydrogens is 476 g/mol. The molecule has 36 heavy (non-hydrogen) atoms. The molecule has 0 radical (unpaired) electrons. The number of unbranched alkanes of at least 4 members (excludes halogenated alkanes) is 1. The van der Waals surface area contributed by atoms with E-state index >= 15 is 0 Å². The van der Waals surface area contributed by atoms with Crippen LogP contribution in [0.1, 0.15) is 42.7 Å². The number of fused-ring (bicyclic) bond motifs is 4. The number of ether oxygens (including phenoxy) is 1. The Morgan fingerprint density at radius 1 is 0.944 bits per heavy atom. The molecule has 2 aliphatic heterocycles. The topological polar surface area (TPSA) is 109 Å². The van der Waals surface area contributed by atoms with Crippen LogP contribution >= 0.6 is 11.8 Å². The number of amides is 4. The van der Waals surface area contributed by atoms with Gasteiger partial charge in [-0.05, 0) is 35.1 Å². The number of thioether (sulfide) groups is 1. The second kappa shape index (κ2) is 11.2. The molecule has 190 valence electrons. The molecule has 2 saturated heterocycles. The van der Waals surface area contributed by atoms with Gasteiger partial charge < -0.3 is 26.0 Å². The first-order valence-electron chi connectivity index (χ1n) is 12.6. The van der Waals surface area contributed by atoms with Crippen molar-refractivity contribution in [3.8, 4) is 11.1 Å². The maximum atomic E-state index is 12.2. The molecule has 2 heterocycles. The number of carbonyl (C=O) groups excluding carboxylic acids is 3. The van der Waals surface area contributed by atoms with Gasteiger partial charge in [0.25, 0.3) is 0 Å². The van der Waals surface area contributed by atoms with Crippen molar-refractivity contribution >= 4 is 29.8 Å². The predicted octanol–water partition coefficient (Wildman–Crippen LogP) is 3.37. The van der Waals surface area contributed by atoms with Crippen molar-refractivity contribution < 1.29 is 19.1 Å². The molecule has 8 nitrogen and oxygen atoms in total. The van der Waals surface area contributed by atoms with Gasteiger partial charge in [0.05, 0.1) is 12.1 Å². The molecule has 0 saturated carbocycles. The number of alkyl carbamates (subject to hydrolysis) is 1. The van der Waals surface area contributed by atoms with Gasteiger partial charge in [-0.25, -0.2) is 9.59 Å². The van der Waals surface area contributed by atoms with Gasteiger partial charge in [-0.1, -0.05) is 55.0 Å². The number of hydrogen-bond acceptors (Lipinski definition) is 5. The van der Waals surface area contributed by atoms with E-state index in [4.69, 9.17) is 4.74 Å². The van der Waals surface area contributed by atoms with E-state index in [1.54, 1.807) is 0 Å². The first-order valence-corrected chi connectivity index (χ1v) is 13.7. The zero-order chi connectivity index (χ0) is 24.9. The highest BCUT2D eigenvalue weighted by atomic mass is 32.2. The lowest BCUT2D eigenvalue weighted by Crippen LogP contribution is -2.36. The minimum atomic E-state index is -0.480. The molecule has 5 rings (SSSR count). The van der Waals surface area contributed by atoms with Gasteiger partial charge in [0, 0.05) is 36.4 Å². The summed E-state index contributed by atoms with van der Waals surface area (Å²) >= 11 is 1.89. The van der Waals surface area contributed by atoms with E-state index < -0.39 is 6.09 Å². The summed E-state index contributed by atoms with van der Waals surface area (Å²) in [5, 5.41) is 11.9. The molecule has 2 aromatic rings. The third-order valence-electron chi connectivity index (χ3n) is 7.14. The molecule has 4 amide bonds. The van der Waals surface area contributed by atoms with Crippen molar-refractivity contribution in [2.45, 2.75) is 48.9 Å². The lowest BCUT2D eigenvalue weighted by atomic mass is 9.98. The van der Waals surface area contributed by atoms with Crippen LogP contribution in [0.4, 0.5) is 9.59 Å². The van der Waals surface area contributed by atoms with Crippen molar-refractivity contribution in [1.29, 1.82) is 0 Å². The van der Waals surface area contributed by atoms with E-state index in [2.05, 4.69) is 45.5 Å². The van der Waals surface area contributed by atoms with Gasteiger partial charge >= 0.3 is 12.1 Å². The van der Waals surface area contributed by atoms with Crippen molar-refractivity contribution in [3.63, 3.8) is 0 Å². The highest BCUT2D eigenvalue weighted by Crippen LogP contribution is 2.44. The molecule has 0 unspecified atom stereocenters. The number of rotatable bonds is 10. The average Bonchev–Trinajstić information content (AvgIpc) is 3.54. The summed E-state index contributed by atoms with van der Waals surface area (Å²) in [6.45, 7) is 0.951. The Balaban J connectivity index is 0.951. The van der Waals surface area contributed by atoms with E-state index in [1.807, 2.05) is 36.0 Å². The van der Waals surface area contributed by atoms with E-state index in [0.29, 0.717) is 24.8 Å². The maximum Gasteiger partial charge on any atom is 0.407 e. The van der Waals surface area contributed by atoms with Crippen molar-refractivity contribution in [1.82, 2.24) is 21.3 Å². The third-order valence-corrected chi connectivity index (χ3v) is 8.65. The summed E-state index contributed by atoms with van der Waals surface area (Å²) < 4.78 is 5.52. The Morgan fingerprint density at radius 2 is 1.64 bits per heavy atom. The lowest BCUT2D eigenvalue weighted by Gasteiger charge is -2.16. The largest absolute Gasteiger partial charge is 0.449 e. The van der Waals surface area contributed by atoms with E-state index in [0.717, 1.165) is 25.0 Å². The van der Waals surface area contributed by atoms with E-state index in [-0.39, 0.29) is 36.5 Å². The fourth-order valence-electron chi connectivity index (χ4n) is 5.38. The molecule has 3 aliphatic rings.